The lowest BCUT2D eigenvalue weighted by Crippen LogP contribution is -2.46. The van der Waals surface area contributed by atoms with E-state index in [0.29, 0.717) is 45.3 Å². The second-order valence-electron chi connectivity index (χ2n) is 5.46. The normalized spacial score (nSPS) is 12.8. The quantitative estimate of drug-likeness (QED) is 0.343. The van der Waals surface area contributed by atoms with Gasteiger partial charge in [-0.25, -0.2) is 0 Å². The van der Waals surface area contributed by atoms with Crippen molar-refractivity contribution in [2.45, 2.75) is 59.4 Å². The summed E-state index contributed by atoms with van der Waals surface area (Å²) in [4.78, 5) is 23.0. The van der Waals surface area contributed by atoms with Crippen LogP contribution in [0.4, 0.5) is 0 Å². The van der Waals surface area contributed by atoms with Gasteiger partial charge in [0.1, 0.15) is 0 Å². The number of nitrogens with one attached hydrogen (secondary N) is 1. The Bertz CT molecular complexity index is 349. The number of hydrogen-bond acceptors (Lipinski definition) is 5. The Hall–Kier alpha value is -0.963. The molecule has 0 aromatic heterocycles. The summed E-state index contributed by atoms with van der Waals surface area (Å²) in [5.74, 6) is -1.62. The molecule has 0 heterocycles. The van der Waals surface area contributed by atoms with E-state index >= 15 is 0 Å². The maximum atomic E-state index is 12.1. The van der Waals surface area contributed by atoms with E-state index in [0.717, 1.165) is 6.42 Å². The summed E-state index contributed by atoms with van der Waals surface area (Å²) in [7, 11) is -2.68. The molecule has 0 fully saturated rings. The van der Waals surface area contributed by atoms with Gasteiger partial charge in [0.15, 0.2) is 0 Å². The number of amides is 1. The summed E-state index contributed by atoms with van der Waals surface area (Å²) in [6, 6.07) is 0.625. The molecule has 8 heteroatoms. The second-order valence-corrected chi connectivity index (χ2v) is 8.19. The van der Waals surface area contributed by atoms with Crippen LogP contribution in [-0.4, -0.2) is 52.2 Å². The molecule has 1 atom stereocenters. The lowest BCUT2D eigenvalue weighted by atomic mass is 9.99. The van der Waals surface area contributed by atoms with Crippen LogP contribution < -0.4 is 5.32 Å². The Labute approximate surface area is 146 Å². The highest BCUT2D eigenvalue weighted by Crippen LogP contribution is 2.18. The van der Waals surface area contributed by atoms with E-state index in [4.69, 9.17) is 18.4 Å². The first kappa shape index (κ1) is 23.0. The van der Waals surface area contributed by atoms with Crippen LogP contribution in [0.2, 0.25) is 6.04 Å². The first-order chi connectivity index (χ1) is 11.4. The molecule has 24 heavy (non-hydrogen) atoms. The highest BCUT2D eigenvalue weighted by atomic mass is 28.4. The van der Waals surface area contributed by atoms with Crippen LogP contribution in [0.25, 0.3) is 0 Å². The molecule has 0 aromatic carbocycles. The average molecular weight is 364 g/mol. The van der Waals surface area contributed by atoms with E-state index in [-0.39, 0.29) is 12.3 Å². The van der Waals surface area contributed by atoms with Crippen LogP contribution in [0.5, 0.6) is 0 Å². The number of carbonyl (C=O) groups is 2. The molecule has 142 valence electrons. The van der Waals surface area contributed by atoms with Crippen molar-refractivity contribution in [1.29, 1.82) is 0 Å². The zero-order chi connectivity index (χ0) is 18.4. The number of carboxylic acids is 1. The Balaban J connectivity index is 4.43. The van der Waals surface area contributed by atoms with Crippen molar-refractivity contribution in [2.75, 3.05) is 26.4 Å². The van der Waals surface area contributed by atoms with Crippen molar-refractivity contribution >= 4 is 20.7 Å². The highest BCUT2D eigenvalue weighted by molar-refractivity contribution is 6.60. The van der Waals surface area contributed by atoms with Gasteiger partial charge in [0.05, 0.1) is 6.42 Å². The van der Waals surface area contributed by atoms with Gasteiger partial charge in [0, 0.05) is 38.3 Å². The topological polar surface area (TPSA) is 94.1 Å². The van der Waals surface area contributed by atoms with Crippen LogP contribution in [0.15, 0.2) is 0 Å². The Morgan fingerprint density at radius 1 is 1.04 bits per heavy atom. The van der Waals surface area contributed by atoms with Gasteiger partial charge in [-0.2, -0.15) is 0 Å². The van der Waals surface area contributed by atoms with Crippen molar-refractivity contribution in [3.05, 3.63) is 0 Å². The molecular formula is C16H33NO6Si. The van der Waals surface area contributed by atoms with Gasteiger partial charge in [-0.05, 0) is 33.6 Å². The molecule has 1 unspecified atom stereocenters. The van der Waals surface area contributed by atoms with E-state index in [1.807, 2.05) is 27.7 Å². The van der Waals surface area contributed by atoms with Crippen LogP contribution >= 0.6 is 0 Å². The van der Waals surface area contributed by atoms with Gasteiger partial charge >= 0.3 is 14.8 Å². The maximum absolute atomic E-state index is 12.1. The maximum Gasteiger partial charge on any atom is 0.500 e. The Morgan fingerprint density at radius 2 is 1.58 bits per heavy atom. The number of carboxylic acid groups (broad SMARTS) is 1. The molecule has 0 saturated heterocycles. The zero-order valence-corrected chi connectivity index (χ0v) is 16.4. The minimum absolute atomic E-state index is 0.130. The molecule has 7 nitrogen and oxygen atoms in total. The Morgan fingerprint density at radius 3 is 2.00 bits per heavy atom. The summed E-state index contributed by atoms with van der Waals surface area (Å²) in [5.41, 5.74) is 0. The molecule has 0 rings (SSSR count). The number of hydrogen-bond donors (Lipinski definition) is 2. The van der Waals surface area contributed by atoms with Gasteiger partial charge in [-0.15, -0.1) is 0 Å². The number of carbonyl (C=O) groups excluding carboxylic acids is 1. The Kier molecular flexibility index (Phi) is 12.8. The SMILES string of the molecule is CCCC(CC(=O)O)C(=O)NCCC[Si](OCC)(OCC)OCC. The van der Waals surface area contributed by atoms with Gasteiger partial charge in [-0.1, -0.05) is 13.3 Å². The lowest BCUT2D eigenvalue weighted by Gasteiger charge is -2.28. The van der Waals surface area contributed by atoms with Crippen molar-refractivity contribution in [1.82, 2.24) is 5.32 Å². The lowest BCUT2D eigenvalue weighted by molar-refractivity contribution is -0.141. The first-order valence-corrected chi connectivity index (χ1v) is 10.8. The molecule has 0 aliphatic heterocycles. The van der Waals surface area contributed by atoms with Crippen molar-refractivity contribution < 1.29 is 28.0 Å². The number of rotatable bonds is 15. The predicted molar refractivity (Wildman–Crippen MR) is 93.7 cm³/mol. The van der Waals surface area contributed by atoms with Gasteiger partial charge in [0.2, 0.25) is 5.91 Å². The molecule has 0 bridgehead atoms. The molecule has 1 amide bonds. The minimum atomic E-state index is -2.68. The monoisotopic (exact) mass is 363 g/mol. The van der Waals surface area contributed by atoms with Gasteiger partial charge < -0.3 is 23.7 Å². The van der Waals surface area contributed by atoms with E-state index in [1.165, 1.54) is 0 Å². The fourth-order valence-corrected chi connectivity index (χ4v) is 5.16. The first-order valence-electron chi connectivity index (χ1n) is 8.85. The third-order valence-corrected chi connectivity index (χ3v) is 6.63. The summed E-state index contributed by atoms with van der Waals surface area (Å²) in [6.45, 7) is 9.69. The van der Waals surface area contributed by atoms with E-state index < -0.39 is 20.7 Å². The third-order valence-electron chi connectivity index (χ3n) is 3.48. The molecular weight excluding hydrogens is 330 g/mol. The van der Waals surface area contributed by atoms with Crippen LogP contribution in [0.1, 0.15) is 53.4 Å². The van der Waals surface area contributed by atoms with Crippen molar-refractivity contribution in [3.63, 3.8) is 0 Å². The van der Waals surface area contributed by atoms with Gasteiger partial charge in [0.25, 0.3) is 0 Å². The molecule has 0 saturated carbocycles. The predicted octanol–water partition coefficient (Wildman–Crippen LogP) is 2.43. The van der Waals surface area contributed by atoms with E-state index in [1.54, 1.807) is 0 Å². The molecule has 0 aromatic rings. The zero-order valence-electron chi connectivity index (χ0n) is 15.4. The van der Waals surface area contributed by atoms with Crippen molar-refractivity contribution in [3.8, 4) is 0 Å². The average Bonchev–Trinajstić information content (AvgIpc) is 2.51. The molecule has 0 aliphatic rings. The minimum Gasteiger partial charge on any atom is -0.481 e. The van der Waals surface area contributed by atoms with Crippen LogP contribution in [0, 0.1) is 5.92 Å². The standard InChI is InChI=1S/C16H33NO6Si/c1-5-10-14(13-15(18)19)16(20)17-11-9-12-24(21-6-2,22-7-3)23-8-4/h14H,5-13H2,1-4H3,(H,17,20)(H,18,19). The molecule has 2 N–H and O–H groups in total. The smallest absolute Gasteiger partial charge is 0.481 e. The van der Waals surface area contributed by atoms with Crippen LogP contribution in [0.3, 0.4) is 0 Å². The molecule has 0 spiro atoms. The van der Waals surface area contributed by atoms with Gasteiger partial charge in [-0.3, -0.25) is 9.59 Å². The van der Waals surface area contributed by atoms with E-state index in [2.05, 4.69) is 5.32 Å². The fraction of sp³-hybridized carbons (Fsp3) is 0.875. The molecule has 0 radical (unpaired) electrons. The summed E-state index contributed by atoms with van der Waals surface area (Å²) in [5, 5.41) is 11.7. The summed E-state index contributed by atoms with van der Waals surface area (Å²) < 4.78 is 17.3. The largest absolute Gasteiger partial charge is 0.500 e. The third kappa shape index (κ3) is 9.36. The van der Waals surface area contributed by atoms with Crippen molar-refractivity contribution in [2.24, 2.45) is 5.92 Å². The second kappa shape index (κ2) is 13.3. The summed E-state index contributed by atoms with van der Waals surface area (Å²) >= 11 is 0. The summed E-state index contributed by atoms with van der Waals surface area (Å²) in [6.07, 6.45) is 1.90. The van der Waals surface area contributed by atoms with E-state index in [9.17, 15) is 9.59 Å². The molecule has 0 aliphatic carbocycles. The highest BCUT2D eigenvalue weighted by Gasteiger charge is 2.39. The van der Waals surface area contributed by atoms with Crippen LogP contribution in [-0.2, 0) is 22.9 Å². The fourth-order valence-electron chi connectivity index (χ4n) is 2.55. The number of aliphatic carboxylic acids is 1.